The first-order valence-corrected chi connectivity index (χ1v) is 11.9. The van der Waals surface area contributed by atoms with Crippen LogP contribution < -0.4 is 10.6 Å². The van der Waals surface area contributed by atoms with Crippen molar-refractivity contribution in [2.24, 2.45) is 4.99 Å². The Morgan fingerprint density at radius 2 is 1.70 bits per heavy atom. The summed E-state index contributed by atoms with van der Waals surface area (Å²) in [6, 6.07) is 10.8. The third-order valence-electron chi connectivity index (χ3n) is 5.42. The molecule has 6 nitrogen and oxygen atoms in total. The second-order valence-electron chi connectivity index (χ2n) is 7.90. The summed E-state index contributed by atoms with van der Waals surface area (Å²) < 4.78 is 5.38. The van der Waals surface area contributed by atoms with Crippen molar-refractivity contribution in [3.05, 3.63) is 35.9 Å². The summed E-state index contributed by atoms with van der Waals surface area (Å²) >= 11 is 0. The van der Waals surface area contributed by atoms with E-state index in [0.29, 0.717) is 0 Å². The second kappa shape index (κ2) is 16.1. The Bertz CT molecular complexity index is 558. The van der Waals surface area contributed by atoms with Crippen molar-refractivity contribution < 1.29 is 4.74 Å². The maximum atomic E-state index is 5.38. The number of unbranched alkanes of at least 4 members (excludes halogenated alkanes) is 2. The van der Waals surface area contributed by atoms with Crippen molar-refractivity contribution in [2.45, 2.75) is 46.1 Å². The predicted molar refractivity (Wildman–Crippen MR) is 127 cm³/mol. The van der Waals surface area contributed by atoms with Crippen molar-refractivity contribution in [1.29, 1.82) is 0 Å². The number of guanidine groups is 1. The molecule has 0 unspecified atom stereocenters. The van der Waals surface area contributed by atoms with Gasteiger partial charge in [0.25, 0.3) is 0 Å². The highest BCUT2D eigenvalue weighted by Gasteiger charge is 2.16. The maximum Gasteiger partial charge on any atom is 0.191 e. The Morgan fingerprint density at radius 3 is 2.43 bits per heavy atom. The van der Waals surface area contributed by atoms with E-state index in [1.165, 1.54) is 44.7 Å². The lowest BCUT2D eigenvalue weighted by atomic mass is 10.2. The smallest absolute Gasteiger partial charge is 0.191 e. The summed E-state index contributed by atoms with van der Waals surface area (Å²) in [6.07, 6.45) is 4.57. The van der Waals surface area contributed by atoms with E-state index in [9.17, 15) is 0 Å². The number of piperazine rings is 1. The lowest BCUT2D eigenvalue weighted by Gasteiger charge is -2.34. The topological polar surface area (TPSA) is 52.1 Å². The summed E-state index contributed by atoms with van der Waals surface area (Å²) in [5, 5.41) is 6.77. The third-order valence-corrected chi connectivity index (χ3v) is 5.42. The Labute approximate surface area is 184 Å². The first-order chi connectivity index (χ1) is 14.8. The first-order valence-electron chi connectivity index (χ1n) is 11.9. The zero-order valence-electron chi connectivity index (χ0n) is 19.2. The molecule has 6 heteroatoms. The van der Waals surface area contributed by atoms with Gasteiger partial charge in [0.1, 0.15) is 0 Å². The van der Waals surface area contributed by atoms with E-state index in [1.54, 1.807) is 0 Å². The molecule has 0 aliphatic carbocycles. The van der Waals surface area contributed by atoms with Gasteiger partial charge in [-0.3, -0.25) is 9.89 Å². The standard InChI is InChI=1S/C24H43N5O/c1-3-25-24(27-15-9-11-21-30-4-2)26-14-8-10-16-28-17-19-29(20-18-28)22-23-12-6-5-7-13-23/h5-7,12-13H,3-4,8-11,14-22H2,1-2H3,(H2,25,26,27). The van der Waals surface area contributed by atoms with Crippen LogP contribution >= 0.6 is 0 Å². The van der Waals surface area contributed by atoms with Crippen molar-refractivity contribution in [2.75, 3.05) is 65.6 Å². The van der Waals surface area contributed by atoms with Crippen LogP contribution in [0.25, 0.3) is 0 Å². The van der Waals surface area contributed by atoms with Gasteiger partial charge < -0.3 is 20.3 Å². The van der Waals surface area contributed by atoms with E-state index >= 15 is 0 Å². The van der Waals surface area contributed by atoms with Gasteiger partial charge in [-0.05, 0) is 51.6 Å². The Balaban J connectivity index is 1.53. The van der Waals surface area contributed by atoms with Crippen molar-refractivity contribution in [3.8, 4) is 0 Å². The highest BCUT2D eigenvalue weighted by molar-refractivity contribution is 5.79. The maximum absolute atomic E-state index is 5.38. The molecule has 1 heterocycles. The number of nitrogens with zero attached hydrogens (tertiary/aromatic N) is 3. The highest BCUT2D eigenvalue weighted by Crippen LogP contribution is 2.09. The zero-order valence-corrected chi connectivity index (χ0v) is 19.2. The van der Waals surface area contributed by atoms with Crippen LogP contribution in [0.2, 0.25) is 0 Å². The Kier molecular flexibility index (Phi) is 13.2. The molecule has 1 aromatic carbocycles. The van der Waals surface area contributed by atoms with Gasteiger partial charge in [0, 0.05) is 65.6 Å². The highest BCUT2D eigenvalue weighted by atomic mass is 16.5. The van der Waals surface area contributed by atoms with Crippen LogP contribution in [0.4, 0.5) is 0 Å². The molecule has 0 aromatic heterocycles. The first kappa shape index (κ1) is 24.6. The summed E-state index contributed by atoms with van der Waals surface area (Å²) in [4.78, 5) is 9.90. The molecule has 0 amide bonds. The lowest BCUT2D eigenvalue weighted by Crippen LogP contribution is -2.46. The number of ether oxygens (including phenoxy) is 1. The van der Waals surface area contributed by atoms with Gasteiger partial charge in [0.2, 0.25) is 0 Å². The Hall–Kier alpha value is -1.63. The quantitative estimate of drug-likeness (QED) is 0.277. The van der Waals surface area contributed by atoms with Crippen LogP contribution in [0.15, 0.2) is 35.3 Å². The number of aliphatic imine (C=N–C) groups is 1. The minimum atomic E-state index is 0.806. The number of hydrogen-bond acceptors (Lipinski definition) is 4. The molecule has 1 aromatic rings. The Morgan fingerprint density at radius 1 is 0.933 bits per heavy atom. The lowest BCUT2D eigenvalue weighted by molar-refractivity contribution is 0.126. The van der Waals surface area contributed by atoms with Crippen molar-refractivity contribution in [1.82, 2.24) is 20.4 Å². The number of hydrogen-bond donors (Lipinski definition) is 2. The summed E-state index contributed by atoms with van der Waals surface area (Å²) in [6.45, 7) is 15.5. The molecule has 30 heavy (non-hydrogen) atoms. The van der Waals surface area contributed by atoms with E-state index in [4.69, 9.17) is 9.73 Å². The van der Waals surface area contributed by atoms with E-state index in [-0.39, 0.29) is 0 Å². The molecule has 1 saturated heterocycles. The van der Waals surface area contributed by atoms with Crippen LogP contribution in [0, 0.1) is 0 Å². The van der Waals surface area contributed by atoms with E-state index in [0.717, 1.165) is 64.6 Å². The number of nitrogens with one attached hydrogen (secondary N) is 2. The third kappa shape index (κ3) is 11.0. The monoisotopic (exact) mass is 417 g/mol. The molecule has 0 atom stereocenters. The van der Waals surface area contributed by atoms with Crippen molar-refractivity contribution >= 4 is 5.96 Å². The molecule has 1 fully saturated rings. The zero-order chi connectivity index (χ0) is 21.3. The van der Waals surface area contributed by atoms with Crippen LogP contribution in [0.5, 0.6) is 0 Å². The largest absolute Gasteiger partial charge is 0.382 e. The SMILES string of the molecule is CCNC(=NCCCCN1CCN(Cc2ccccc2)CC1)NCCCCOCC. The normalized spacial score (nSPS) is 16.0. The average Bonchev–Trinajstić information content (AvgIpc) is 2.77. The van der Waals surface area contributed by atoms with Crippen LogP contribution in [0.3, 0.4) is 0 Å². The number of benzene rings is 1. The summed E-state index contributed by atoms with van der Waals surface area (Å²) in [5.74, 6) is 0.948. The summed E-state index contributed by atoms with van der Waals surface area (Å²) in [7, 11) is 0. The second-order valence-corrected chi connectivity index (χ2v) is 7.90. The van der Waals surface area contributed by atoms with Crippen LogP contribution in [-0.2, 0) is 11.3 Å². The molecule has 0 saturated carbocycles. The fraction of sp³-hybridized carbons (Fsp3) is 0.708. The fourth-order valence-electron chi connectivity index (χ4n) is 3.67. The number of rotatable bonds is 14. The molecule has 1 aliphatic rings. The van der Waals surface area contributed by atoms with Crippen LogP contribution in [-0.4, -0.2) is 81.3 Å². The molecule has 2 rings (SSSR count). The fourth-order valence-corrected chi connectivity index (χ4v) is 3.67. The molecule has 1 aliphatic heterocycles. The van der Waals surface area contributed by atoms with E-state index < -0.39 is 0 Å². The van der Waals surface area contributed by atoms with Gasteiger partial charge in [0.05, 0.1) is 0 Å². The van der Waals surface area contributed by atoms with Gasteiger partial charge in [-0.25, -0.2) is 0 Å². The van der Waals surface area contributed by atoms with Gasteiger partial charge in [-0.15, -0.1) is 0 Å². The summed E-state index contributed by atoms with van der Waals surface area (Å²) in [5.41, 5.74) is 1.42. The molecule has 0 spiro atoms. The van der Waals surface area contributed by atoms with Gasteiger partial charge in [-0.1, -0.05) is 30.3 Å². The molecule has 170 valence electrons. The molecule has 0 bridgehead atoms. The van der Waals surface area contributed by atoms with Gasteiger partial charge in [0.15, 0.2) is 5.96 Å². The predicted octanol–water partition coefficient (Wildman–Crippen LogP) is 2.96. The van der Waals surface area contributed by atoms with Gasteiger partial charge in [-0.2, -0.15) is 0 Å². The minimum Gasteiger partial charge on any atom is -0.382 e. The van der Waals surface area contributed by atoms with Crippen LogP contribution in [0.1, 0.15) is 45.1 Å². The molecule has 2 N–H and O–H groups in total. The minimum absolute atomic E-state index is 0.806. The van der Waals surface area contributed by atoms with Gasteiger partial charge >= 0.3 is 0 Å². The van der Waals surface area contributed by atoms with E-state index in [2.05, 4.69) is 57.7 Å². The molecule has 0 radical (unpaired) electrons. The van der Waals surface area contributed by atoms with Crippen molar-refractivity contribution in [3.63, 3.8) is 0 Å². The average molecular weight is 418 g/mol. The molecular weight excluding hydrogens is 374 g/mol. The molecular formula is C24H43N5O. The van der Waals surface area contributed by atoms with E-state index in [1.807, 2.05) is 6.92 Å².